The van der Waals surface area contributed by atoms with Crippen molar-refractivity contribution in [1.29, 1.82) is 0 Å². The van der Waals surface area contributed by atoms with Crippen LogP contribution in [0.4, 0.5) is 11.4 Å². The summed E-state index contributed by atoms with van der Waals surface area (Å²) in [7, 11) is 5.61. The van der Waals surface area contributed by atoms with Crippen LogP contribution in [-0.2, 0) is 0 Å². The summed E-state index contributed by atoms with van der Waals surface area (Å²) in [5.74, 6) is 1.87. The quantitative estimate of drug-likeness (QED) is 0.453. The molecule has 4 rings (SSSR count). The maximum atomic E-state index is 5.84. The number of benzene rings is 3. The molecule has 1 heterocycles. The number of ether oxygens (including phenoxy) is 2. The average molecular weight is 454 g/mol. The zero-order valence-corrected chi connectivity index (χ0v) is 19.6. The maximum Gasteiger partial charge on any atom is 0.125 e. The Morgan fingerprint density at radius 3 is 1.59 bits per heavy atom. The minimum Gasteiger partial charge on any atom is -0.496 e. The van der Waals surface area contributed by atoms with Crippen molar-refractivity contribution < 1.29 is 9.47 Å². The molecular weight excluding hydrogens is 426 g/mol. The van der Waals surface area contributed by atoms with Crippen LogP contribution >= 0.6 is 17.0 Å². The second-order valence-corrected chi connectivity index (χ2v) is 7.59. The number of halogens is 1. The van der Waals surface area contributed by atoms with E-state index in [0.717, 1.165) is 11.5 Å². The van der Waals surface area contributed by atoms with Crippen molar-refractivity contribution in [3.05, 3.63) is 81.9 Å². The molecule has 0 amide bonds. The predicted molar refractivity (Wildman–Crippen MR) is 126 cm³/mol. The van der Waals surface area contributed by atoms with Crippen LogP contribution in [0.15, 0.2) is 48.5 Å². The first kappa shape index (κ1) is 21.3. The number of anilines is 2. The largest absolute Gasteiger partial charge is 0.496 e. The van der Waals surface area contributed by atoms with Crippen LogP contribution in [0.5, 0.6) is 11.5 Å². The molecule has 0 saturated carbocycles. The van der Waals surface area contributed by atoms with E-state index in [1.54, 1.807) is 14.2 Å². The molecule has 3 aromatic rings. The predicted octanol–water partition coefficient (Wildman–Crippen LogP) is 6.47. The third-order valence-corrected chi connectivity index (χ3v) is 5.85. The highest BCUT2D eigenvalue weighted by atomic mass is 79.9. The smallest absolute Gasteiger partial charge is 0.125 e. The Kier molecular flexibility index (Phi) is 5.95. The minimum absolute atomic E-state index is 0. The molecule has 3 nitrogen and oxygen atoms in total. The van der Waals surface area contributed by atoms with Crippen LogP contribution in [0.1, 0.15) is 39.3 Å². The second-order valence-electron chi connectivity index (χ2n) is 7.59. The normalized spacial score (nSPS) is 12.7. The van der Waals surface area contributed by atoms with Gasteiger partial charge < -0.3 is 14.4 Å². The summed E-state index contributed by atoms with van der Waals surface area (Å²) in [6.07, 6.45) is 0. The van der Waals surface area contributed by atoms with E-state index in [9.17, 15) is 0 Å². The van der Waals surface area contributed by atoms with Crippen molar-refractivity contribution in [3.63, 3.8) is 0 Å². The molecule has 29 heavy (non-hydrogen) atoms. The van der Waals surface area contributed by atoms with Gasteiger partial charge in [-0.1, -0.05) is 29.8 Å². The molecule has 152 valence electrons. The molecule has 4 heteroatoms. The zero-order chi connectivity index (χ0) is 20.0. The molecule has 0 aromatic heterocycles. The summed E-state index contributed by atoms with van der Waals surface area (Å²) in [5.41, 5.74) is 9.93. The van der Waals surface area contributed by atoms with Gasteiger partial charge in [-0.25, -0.2) is 0 Å². The van der Waals surface area contributed by atoms with Crippen LogP contribution in [0.2, 0.25) is 0 Å². The summed E-state index contributed by atoms with van der Waals surface area (Å²) in [6.45, 7) is 6.57. The Balaban J connectivity index is 0.00000240. The lowest BCUT2D eigenvalue weighted by atomic mass is 9.76. The third-order valence-electron chi connectivity index (χ3n) is 5.85. The van der Waals surface area contributed by atoms with E-state index in [1.165, 1.54) is 44.8 Å². The van der Waals surface area contributed by atoms with E-state index >= 15 is 0 Å². The van der Waals surface area contributed by atoms with Gasteiger partial charge in [0, 0.05) is 35.5 Å². The summed E-state index contributed by atoms with van der Waals surface area (Å²) in [5, 5.41) is 0. The lowest BCUT2D eigenvalue weighted by Gasteiger charge is -2.38. The Labute approximate surface area is 184 Å². The van der Waals surface area contributed by atoms with Gasteiger partial charge in [-0.15, -0.1) is 17.0 Å². The van der Waals surface area contributed by atoms with Crippen LogP contribution in [0.3, 0.4) is 0 Å². The highest BCUT2D eigenvalue weighted by Crippen LogP contribution is 2.54. The van der Waals surface area contributed by atoms with Gasteiger partial charge in [0.25, 0.3) is 0 Å². The maximum absolute atomic E-state index is 5.84. The van der Waals surface area contributed by atoms with Gasteiger partial charge in [-0.3, -0.25) is 0 Å². The van der Waals surface area contributed by atoms with Crippen LogP contribution < -0.4 is 14.4 Å². The van der Waals surface area contributed by atoms with E-state index in [0.29, 0.717) is 0 Å². The van der Waals surface area contributed by atoms with Crippen molar-refractivity contribution >= 4 is 28.4 Å². The minimum atomic E-state index is 0. The fraction of sp³-hybridized carbons (Fsp3) is 0.280. The monoisotopic (exact) mass is 453 g/mol. The fourth-order valence-electron chi connectivity index (χ4n) is 4.80. The zero-order valence-electron chi connectivity index (χ0n) is 17.9. The first-order chi connectivity index (χ1) is 13.5. The number of rotatable bonds is 3. The lowest BCUT2D eigenvalue weighted by Crippen LogP contribution is -2.24. The number of fused-ring (bicyclic) bond motifs is 2. The molecule has 0 aliphatic carbocycles. The Hall–Kier alpha value is -2.46. The fourth-order valence-corrected chi connectivity index (χ4v) is 4.80. The van der Waals surface area contributed by atoms with Crippen molar-refractivity contribution in [3.8, 4) is 11.5 Å². The third kappa shape index (κ3) is 3.29. The average Bonchev–Trinajstić information content (AvgIpc) is 2.68. The number of aryl methyl sites for hydroxylation is 3. The first-order valence-electron chi connectivity index (χ1n) is 9.63. The van der Waals surface area contributed by atoms with Gasteiger partial charge >= 0.3 is 0 Å². The standard InChI is InChI=1S/C25H27NO2.BrH/c1-15-13-16(2)22(17(3)14-15)25-23-18(9-7-11-20(23)27-5)26(4)19-10-8-12-21(28-6)24(19)25;/h7-14,25H,1-6H3;1H. The number of methoxy groups -OCH3 is 2. The topological polar surface area (TPSA) is 21.7 Å². The Morgan fingerprint density at radius 1 is 0.724 bits per heavy atom. The SMILES string of the molecule is Br.COc1cccc2c1C(c1c(C)cc(C)cc1C)c1c(OC)cccc1N2C. The lowest BCUT2D eigenvalue weighted by molar-refractivity contribution is 0.402. The van der Waals surface area contributed by atoms with Gasteiger partial charge in [0.1, 0.15) is 11.5 Å². The Morgan fingerprint density at radius 2 is 1.17 bits per heavy atom. The summed E-state index contributed by atoms with van der Waals surface area (Å²) in [4.78, 5) is 2.24. The van der Waals surface area contributed by atoms with E-state index < -0.39 is 0 Å². The van der Waals surface area contributed by atoms with E-state index in [-0.39, 0.29) is 22.9 Å². The van der Waals surface area contributed by atoms with E-state index in [1.807, 2.05) is 0 Å². The van der Waals surface area contributed by atoms with Gasteiger partial charge in [0.2, 0.25) is 0 Å². The molecule has 0 radical (unpaired) electrons. The Bertz CT molecular complexity index is 982. The van der Waals surface area contributed by atoms with Crippen molar-refractivity contribution in [2.75, 3.05) is 26.2 Å². The van der Waals surface area contributed by atoms with Gasteiger partial charge in [-0.05, 0) is 61.7 Å². The van der Waals surface area contributed by atoms with Crippen molar-refractivity contribution in [1.82, 2.24) is 0 Å². The van der Waals surface area contributed by atoms with Crippen molar-refractivity contribution in [2.45, 2.75) is 26.7 Å². The first-order valence-corrected chi connectivity index (χ1v) is 9.63. The summed E-state index contributed by atoms with van der Waals surface area (Å²) in [6, 6.07) is 17.1. The van der Waals surface area contributed by atoms with Gasteiger partial charge in [-0.2, -0.15) is 0 Å². The number of nitrogens with zero attached hydrogens (tertiary/aromatic N) is 1. The molecule has 0 fully saturated rings. The van der Waals surface area contributed by atoms with Gasteiger partial charge in [0.05, 0.1) is 14.2 Å². The summed E-state index contributed by atoms with van der Waals surface area (Å²) >= 11 is 0. The molecule has 3 aromatic carbocycles. The molecule has 0 bridgehead atoms. The van der Waals surface area contributed by atoms with Gasteiger partial charge in [0.15, 0.2) is 0 Å². The molecular formula is C25H28BrNO2. The molecule has 0 atom stereocenters. The molecule has 0 saturated heterocycles. The second kappa shape index (κ2) is 8.11. The van der Waals surface area contributed by atoms with Crippen LogP contribution in [0, 0.1) is 20.8 Å². The molecule has 0 spiro atoms. The van der Waals surface area contributed by atoms with E-state index in [2.05, 4.69) is 81.2 Å². The van der Waals surface area contributed by atoms with E-state index in [4.69, 9.17) is 9.47 Å². The van der Waals surface area contributed by atoms with Crippen molar-refractivity contribution in [2.24, 2.45) is 0 Å². The van der Waals surface area contributed by atoms with Crippen LogP contribution in [0.25, 0.3) is 0 Å². The highest BCUT2D eigenvalue weighted by molar-refractivity contribution is 8.93. The summed E-state index contributed by atoms with van der Waals surface area (Å²) < 4.78 is 11.7. The number of hydrogen-bond acceptors (Lipinski definition) is 3. The molecule has 1 aliphatic rings. The highest BCUT2D eigenvalue weighted by Gasteiger charge is 2.36. The molecule has 1 aliphatic heterocycles. The number of hydrogen-bond donors (Lipinski definition) is 0. The molecule has 0 N–H and O–H groups in total. The molecule has 0 unspecified atom stereocenters. The van der Waals surface area contributed by atoms with Crippen LogP contribution in [-0.4, -0.2) is 21.3 Å².